The summed E-state index contributed by atoms with van der Waals surface area (Å²) in [6.07, 6.45) is 3.08. The van der Waals surface area contributed by atoms with Crippen molar-refractivity contribution in [3.63, 3.8) is 0 Å². The Bertz CT molecular complexity index is 260. The number of rotatable bonds is 6. The maximum absolute atomic E-state index is 5.32. The van der Waals surface area contributed by atoms with Crippen LogP contribution in [0.15, 0.2) is 12.3 Å². The molecule has 0 spiro atoms. The molecule has 0 bridgehead atoms. The summed E-state index contributed by atoms with van der Waals surface area (Å²) < 4.78 is 7.27. The molecule has 1 atom stereocenters. The van der Waals surface area contributed by atoms with Crippen molar-refractivity contribution in [1.82, 2.24) is 9.78 Å². The maximum atomic E-state index is 5.32. The molecule has 1 rings (SSSR count). The van der Waals surface area contributed by atoms with Crippen LogP contribution in [0.2, 0.25) is 0 Å². The van der Waals surface area contributed by atoms with E-state index in [2.05, 4.69) is 18.9 Å². The summed E-state index contributed by atoms with van der Waals surface area (Å²) >= 11 is 0. The van der Waals surface area contributed by atoms with Crippen LogP contribution in [0.4, 0.5) is 0 Å². The predicted octanol–water partition coefficient (Wildman–Crippen LogP) is 1.33. The summed E-state index contributed by atoms with van der Waals surface area (Å²) in [4.78, 5) is 0. The lowest BCUT2D eigenvalue weighted by atomic mass is 10.3. The van der Waals surface area contributed by atoms with Crippen LogP contribution < -0.4 is 5.73 Å². The van der Waals surface area contributed by atoms with Gasteiger partial charge in [0, 0.05) is 18.8 Å². The molecule has 1 unspecified atom stereocenters. The van der Waals surface area contributed by atoms with Gasteiger partial charge in [-0.05, 0) is 19.4 Å². The van der Waals surface area contributed by atoms with E-state index in [1.807, 2.05) is 16.9 Å². The third-order valence-corrected chi connectivity index (χ3v) is 2.22. The van der Waals surface area contributed by atoms with Crippen LogP contribution in [-0.2, 0) is 11.3 Å². The van der Waals surface area contributed by atoms with E-state index in [0.29, 0.717) is 25.8 Å². The summed E-state index contributed by atoms with van der Waals surface area (Å²) in [6, 6.07) is 2.45. The molecular weight excluding hydrogens is 178 g/mol. The van der Waals surface area contributed by atoms with Crippen molar-refractivity contribution < 1.29 is 4.74 Å². The van der Waals surface area contributed by atoms with Gasteiger partial charge in [0.05, 0.1) is 18.9 Å². The number of nitrogens with zero attached hydrogens (tertiary/aromatic N) is 2. The molecule has 0 fully saturated rings. The summed E-state index contributed by atoms with van der Waals surface area (Å²) in [5.74, 6) is 0. The second kappa shape index (κ2) is 5.78. The lowest BCUT2D eigenvalue weighted by molar-refractivity contribution is 0.125. The van der Waals surface area contributed by atoms with Crippen molar-refractivity contribution in [2.45, 2.75) is 32.9 Å². The quantitative estimate of drug-likeness (QED) is 0.700. The Morgan fingerprint density at radius 1 is 1.64 bits per heavy atom. The minimum absolute atomic E-state index is 0.457. The van der Waals surface area contributed by atoms with Crippen LogP contribution >= 0.6 is 0 Å². The van der Waals surface area contributed by atoms with Crippen molar-refractivity contribution in [1.29, 1.82) is 0 Å². The first kappa shape index (κ1) is 11.2. The molecule has 1 heterocycles. The molecule has 0 saturated carbocycles. The van der Waals surface area contributed by atoms with Crippen LogP contribution in [0.1, 0.15) is 32.0 Å². The van der Waals surface area contributed by atoms with Crippen molar-refractivity contribution in [2.75, 3.05) is 13.2 Å². The van der Waals surface area contributed by atoms with Crippen LogP contribution in [0.5, 0.6) is 0 Å². The van der Waals surface area contributed by atoms with Crippen LogP contribution in [0.3, 0.4) is 0 Å². The fraction of sp³-hybridized carbons (Fsp3) is 0.700. The van der Waals surface area contributed by atoms with Gasteiger partial charge in [0.15, 0.2) is 0 Å². The molecule has 80 valence electrons. The van der Waals surface area contributed by atoms with Crippen molar-refractivity contribution in [3.8, 4) is 0 Å². The molecule has 0 aliphatic rings. The van der Waals surface area contributed by atoms with Gasteiger partial charge in [0.25, 0.3) is 0 Å². The van der Waals surface area contributed by atoms with Gasteiger partial charge in [0.2, 0.25) is 0 Å². The molecule has 0 radical (unpaired) electrons. The third kappa shape index (κ3) is 3.12. The molecule has 0 aliphatic carbocycles. The molecule has 2 N–H and O–H groups in total. The third-order valence-electron chi connectivity index (χ3n) is 2.22. The first-order valence-corrected chi connectivity index (χ1v) is 5.09. The molecule has 0 aliphatic heterocycles. The number of hydrogen-bond acceptors (Lipinski definition) is 3. The first-order valence-electron chi connectivity index (χ1n) is 5.09. The highest BCUT2D eigenvalue weighted by Crippen LogP contribution is 2.09. The fourth-order valence-corrected chi connectivity index (χ4v) is 1.15. The lowest BCUT2D eigenvalue weighted by Gasteiger charge is -2.08. The summed E-state index contributed by atoms with van der Waals surface area (Å²) in [5.41, 5.74) is 6.29. The van der Waals surface area contributed by atoms with E-state index in [1.54, 1.807) is 0 Å². The van der Waals surface area contributed by atoms with Crippen molar-refractivity contribution in [3.05, 3.63) is 18.0 Å². The highest BCUT2D eigenvalue weighted by molar-refractivity contribution is 4.97. The van der Waals surface area contributed by atoms with Crippen LogP contribution in [0.25, 0.3) is 0 Å². The minimum atomic E-state index is 0.457. The first-order chi connectivity index (χ1) is 6.77. The Labute approximate surface area is 85.0 Å². The van der Waals surface area contributed by atoms with Crippen LogP contribution in [-0.4, -0.2) is 22.9 Å². The predicted molar refractivity (Wildman–Crippen MR) is 55.9 cm³/mol. The highest BCUT2D eigenvalue weighted by Gasteiger charge is 2.03. The average Bonchev–Trinajstić information content (AvgIpc) is 2.66. The normalized spacial score (nSPS) is 13.1. The van der Waals surface area contributed by atoms with Gasteiger partial charge in [-0.1, -0.05) is 6.92 Å². The average molecular weight is 197 g/mol. The van der Waals surface area contributed by atoms with Gasteiger partial charge in [-0.15, -0.1) is 0 Å². The van der Waals surface area contributed by atoms with E-state index in [1.165, 1.54) is 0 Å². The Morgan fingerprint density at radius 3 is 3.07 bits per heavy atom. The largest absolute Gasteiger partial charge is 0.374 e. The standard InChI is InChI=1S/C10H19N3O/c1-3-9(2)13-6-4-10(12-13)8-14-7-5-11/h4,6,9H,3,5,7-8,11H2,1-2H3. The molecule has 4 nitrogen and oxygen atoms in total. The summed E-state index contributed by atoms with van der Waals surface area (Å²) in [7, 11) is 0. The summed E-state index contributed by atoms with van der Waals surface area (Å²) in [5, 5.41) is 4.40. The van der Waals surface area contributed by atoms with Crippen LogP contribution in [0, 0.1) is 0 Å². The van der Waals surface area contributed by atoms with E-state index < -0.39 is 0 Å². The maximum Gasteiger partial charge on any atom is 0.0907 e. The van der Waals surface area contributed by atoms with Gasteiger partial charge in [-0.3, -0.25) is 4.68 Å². The highest BCUT2D eigenvalue weighted by atomic mass is 16.5. The zero-order valence-corrected chi connectivity index (χ0v) is 8.94. The topological polar surface area (TPSA) is 53.1 Å². The van der Waals surface area contributed by atoms with E-state index in [4.69, 9.17) is 10.5 Å². The van der Waals surface area contributed by atoms with E-state index in [0.717, 1.165) is 12.1 Å². The van der Waals surface area contributed by atoms with E-state index in [-0.39, 0.29) is 0 Å². The molecule has 0 amide bonds. The number of aromatic nitrogens is 2. The van der Waals surface area contributed by atoms with Gasteiger partial charge in [-0.2, -0.15) is 5.10 Å². The molecule has 1 aromatic rings. The van der Waals surface area contributed by atoms with Gasteiger partial charge < -0.3 is 10.5 Å². The Hall–Kier alpha value is -0.870. The van der Waals surface area contributed by atoms with E-state index in [9.17, 15) is 0 Å². The van der Waals surface area contributed by atoms with Crippen molar-refractivity contribution >= 4 is 0 Å². The van der Waals surface area contributed by atoms with Gasteiger partial charge in [-0.25, -0.2) is 0 Å². The van der Waals surface area contributed by atoms with Gasteiger partial charge >= 0.3 is 0 Å². The monoisotopic (exact) mass is 197 g/mol. The molecular formula is C10H19N3O. The molecule has 0 saturated heterocycles. The van der Waals surface area contributed by atoms with Gasteiger partial charge in [0.1, 0.15) is 0 Å². The minimum Gasteiger partial charge on any atom is -0.374 e. The Kier molecular flexibility index (Phi) is 4.62. The SMILES string of the molecule is CCC(C)n1ccc(COCCN)n1. The molecule has 14 heavy (non-hydrogen) atoms. The van der Waals surface area contributed by atoms with Crippen molar-refractivity contribution in [2.24, 2.45) is 5.73 Å². The number of nitrogens with two attached hydrogens (primary N) is 1. The van der Waals surface area contributed by atoms with E-state index >= 15 is 0 Å². The fourth-order valence-electron chi connectivity index (χ4n) is 1.15. The zero-order chi connectivity index (χ0) is 10.4. The Balaban J connectivity index is 2.42. The molecule has 0 aromatic carbocycles. The number of hydrogen-bond donors (Lipinski definition) is 1. The Morgan fingerprint density at radius 2 is 2.43 bits per heavy atom. The molecule has 4 heteroatoms. The summed E-state index contributed by atoms with van der Waals surface area (Å²) in [6.45, 7) is 6.01. The lowest BCUT2D eigenvalue weighted by Crippen LogP contribution is -2.09. The second-order valence-corrected chi connectivity index (χ2v) is 3.39. The smallest absolute Gasteiger partial charge is 0.0907 e. The zero-order valence-electron chi connectivity index (χ0n) is 8.94. The molecule has 1 aromatic heterocycles. The second-order valence-electron chi connectivity index (χ2n) is 3.39. The number of ether oxygens (including phenoxy) is 1.